The molecule has 1 heterocycles. The Kier molecular flexibility index (Phi) is 4.54. The number of nitrogens with one attached hydrogen (secondary N) is 1. The van der Waals surface area contributed by atoms with Crippen LogP contribution in [-0.4, -0.2) is 42.5 Å². The number of primary amides is 1. The fourth-order valence-electron chi connectivity index (χ4n) is 2.28. The number of carbonyl (C=O) groups excluding carboxylic acids is 1. The quantitative estimate of drug-likeness (QED) is 0.700. The van der Waals surface area contributed by atoms with Crippen LogP contribution in [-0.2, 0) is 4.79 Å². The van der Waals surface area contributed by atoms with E-state index in [1.807, 2.05) is 0 Å². The van der Waals surface area contributed by atoms with E-state index in [0.29, 0.717) is 24.5 Å². The zero-order chi connectivity index (χ0) is 11.4. The molecule has 0 radical (unpaired) electrons. The highest BCUT2D eigenvalue weighted by atomic mass is 16.1. The van der Waals surface area contributed by atoms with Gasteiger partial charge in [-0.05, 0) is 32.7 Å². The normalized spacial score (nSPS) is 27.3. The molecule has 1 aliphatic rings. The molecule has 1 fully saturated rings. The minimum atomic E-state index is -0.235. The molecule has 1 aliphatic heterocycles. The average Bonchev–Trinajstić information content (AvgIpc) is 2.15. The Bertz CT molecular complexity index is 218. The Labute approximate surface area is 92.2 Å². The van der Waals surface area contributed by atoms with E-state index in [0.717, 1.165) is 13.1 Å². The fourth-order valence-corrected chi connectivity index (χ4v) is 2.28. The summed E-state index contributed by atoms with van der Waals surface area (Å²) in [6.07, 6.45) is 1.17. The van der Waals surface area contributed by atoms with Crippen molar-refractivity contribution in [2.45, 2.75) is 39.3 Å². The summed E-state index contributed by atoms with van der Waals surface area (Å²) in [5.74, 6) is 0.398. The molecule has 4 nitrogen and oxygen atoms in total. The number of nitrogens with two attached hydrogens (primary N) is 1. The first kappa shape index (κ1) is 12.5. The molecular formula is C11H23N3O. The van der Waals surface area contributed by atoms with Crippen LogP contribution in [0.25, 0.3) is 0 Å². The summed E-state index contributed by atoms with van der Waals surface area (Å²) in [5, 5.41) is 3.38. The lowest BCUT2D eigenvalue weighted by Crippen LogP contribution is -2.54. The summed E-state index contributed by atoms with van der Waals surface area (Å²) < 4.78 is 0. The van der Waals surface area contributed by atoms with Crippen LogP contribution in [0.4, 0.5) is 0 Å². The summed E-state index contributed by atoms with van der Waals surface area (Å²) in [7, 11) is 0. The molecule has 15 heavy (non-hydrogen) atoms. The molecule has 0 saturated carbocycles. The molecule has 2 unspecified atom stereocenters. The molecule has 0 aromatic rings. The number of nitrogens with zero attached hydrogens (tertiary/aromatic N) is 1. The maximum Gasteiger partial charge on any atom is 0.231 e. The van der Waals surface area contributed by atoms with E-state index in [-0.39, 0.29) is 5.91 Å². The zero-order valence-corrected chi connectivity index (χ0v) is 9.99. The van der Waals surface area contributed by atoms with Crippen LogP contribution in [0.15, 0.2) is 0 Å². The minimum Gasteiger partial charge on any atom is -0.369 e. The lowest BCUT2D eigenvalue weighted by atomic mass is 9.92. The second-order valence-corrected chi connectivity index (χ2v) is 4.77. The van der Waals surface area contributed by atoms with Crippen molar-refractivity contribution in [2.24, 2.45) is 11.7 Å². The molecule has 1 saturated heterocycles. The number of hydrogen-bond donors (Lipinski definition) is 2. The highest BCUT2D eigenvalue weighted by Crippen LogP contribution is 2.19. The van der Waals surface area contributed by atoms with Crippen molar-refractivity contribution in [3.05, 3.63) is 0 Å². The second-order valence-electron chi connectivity index (χ2n) is 4.77. The van der Waals surface area contributed by atoms with Crippen molar-refractivity contribution in [1.82, 2.24) is 10.2 Å². The van der Waals surface area contributed by atoms with Gasteiger partial charge < -0.3 is 11.1 Å². The van der Waals surface area contributed by atoms with Gasteiger partial charge in [0.05, 0.1) is 6.54 Å². The number of piperidine rings is 1. The van der Waals surface area contributed by atoms with Crippen LogP contribution < -0.4 is 11.1 Å². The van der Waals surface area contributed by atoms with Crippen molar-refractivity contribution in [3.63, 3.8) is 0 Å². The standard InChI is InChI=1S/C11H23N3O/c1-8(2)14(7-11(12)15)10-6-13-5-4-9(10)3/h8-10,13H,4-7H2,1-3H3,(H2,12,15). The van der Waals surface area contributed by atoms with Crippen LogP contribution in [0.2, 0.25) is 0 Å². The molecule has 0 aliphatic carbocycles. The topological polar surface area (TPSA) is 58.4 Å². The predicted octanol–water partition coefficient (Wildman–Crippen LogP) is 0.180. The zero-order valence-electron chi connectivity index (χ0n) is 9.99. The summed E-state index contributed by atoms with van der Waals surface area (Å²) in [6, 6.07) is 0.802. The van der Waals surface area contributed by atoms with Gasteiger partial charge in [0.1, 0.15) is 0 Å². The molecule has 1 amide bonds. The SMILES string of the molecule is CC1CCNCC1N(CC(N)=O)C(C)C. The van der Waals surface area contributed by atoms with E-state index in [9.17, 15) is 4.79 Å². The third kappa shape index (κ3) is 3.47. The number of hydrogen-bond acceptors (Lipinski definition) is 3. The average molecular weight is 213 g/mol. The summed E-state index contributed by atoms with van der Waals surface area (Å²) in [5.41, 5.74) is 5.28. The van der Waals surface area contributed by atoms with Gasteiger partial charge in [0.25, 0.3) is 0 Å². The Balaban J connectivity index is 2.64. The molecular weight excluding hydrogens is 190 g/mol. The van der Waals surface area contributed by atoms with Gasteiger partial charge in [-0.2, -0.15) is 0 Å². The van der Waals surface area contributed by atoms with Gasteiger partial charge >= 0.3 is 0 Å². The smallest absolute Gasteiger partial charge is 0.231 e. The molecule has 3 N–H and O–H groups in total. The van der Waals surface area contributed by atoms with E-state index < -0.39 is 0 Å². The summed E-state index contributed by atoms with van der Waals surface area (Å²) in [6.45, 7) is 8.90. The third-order valence-corrected chi connectivity index (χ3v) is 3.21. The molecule has 88 valence electrons. The van der Waals surface area contributed by atoms with Gasteiger partial charge in [0, 0.05) is 18.6 Å². The Morgan fingerprint density at radius 1 is 1.60 bits per heavy atom. The molecule has 1 rings (SSSR count). The Morgan fingerprint density at radius 2 is 2.27 bits per heavy atom. The summed E-state index contributed by atoms with van der Waals surface area (Å²) in [4.78, 5) is 13.2. The maximum absolute atomic E-state index is 11.0. The van der Waals surface area contributed by atoms with E-state index in [4.69, 9.17) is 5.73 Å². The maximum atomic E-state index is 11.0. The summed E-state index contributed by atoms with van der Waals surface area (Å²) >= 11 is 0. The van der Waals surface area contributed by atoms with Crippen LogP contribution in [0.5, 0.6) is 0 Å². The van der Waals surface area contributed by atoms with E-state index in [1.165, 1.54) is 6.42 Å². The van der Waals surface area contributed by atoms with Gasteiger partial charge in [0.15, 0.2) is 0 Å². The highest BCUT2D eigenvalue weighted by molar-refractivity contribution is 5.76. The third-order valence-electron chi connectivity index (χ3n) is 3.21. The minimum absolute atomic E-state index is 0.235. The first-order chi connectivity index (χ1) is 7.02. The van der Waals surface area contributed by atoms with Crippen molar-refractivity contribution in [1.29, 1.82) is 0 Å². The molecule has 0 spiro atoms. The number of amides is 1. The molecule has 2 atom stereocenters. The van der Waals surface area contributed by atoms with Crippen LogP contribution in [0, 0.1) is 5.92 Å². The number of rotatable bonds is 4. The molecule has 0 bridgehead atoms. The van der Waals surface area contributed by atoms with E-state index >= 15 is 0 Å². The van der Waals surface area contributed by atoms with Gasteiger partial charge in [-0.3, -0.25) is 9.69 Å². The van der Waals surface area contributed by atoms with Gasteiger partial charge in [0.2, 0.25) is 5.91 Å². The van der Waals surface area contributed by atoms with Crippen molar-refractivity contribution in [2.75, 3.05) is 19.6 Å². The van der Waals surface area contributed by atoms with Crippen LogP contribution in [0.1, 0.15) is 27.2 Å². The van der Waals surface area contributed by atoms with E-state index in [2.05, 4.69) is 31.0 Å². The van der Waals surface area contributed by atoms with Gasteiger partial charge in [-0.1, -0.05) is 6.92 Å². The van der Waals surface area contributed by atoms with Gasteiger partial charge in [-0.15, -0.1) is 0 Å². The largest absolute Gasteiger partial charge is 0.369 e. The second kappa shape index (κ2) is 5.47. The Morgan fingerprint density at radius 3 is 2.73 bits per heavy atom. The fraction of sp³-hybridized carbons (Fsp3) is 0.909. The Hall–Kier alpha value is -0.610. The van der Waals surface area contributed by atoms with E-state index in [1.54, 1.807) is 0 Å². The lowest BCUT2D eigenvalue weighted by Gasteiger charge is -2.40. The lowest BCUT2D eigenvalue weighted by molar-refractivity contribution is -0.120. The van der Waals surface area contributed by atoms with Crippen molar-refractivity contribution >= 4 is 5.91 Å². The predicted molar refractivity (Wildman–Crippen MR) is 61.5 cm³/mol. The van der Waals surface area contributed by atoms with Crippen LogP contribution in [0.3, 0.4) is 0 Å². The van der Waals surface area contributed by atoms with Gasteiger partial charge in [-0.25, -0.2) is 0 Å². The van der Waals surface area contributed by atoms with Crippen molar-refractivity contribution < 1.29 is 4.79 Å². The molecule has 4 heteroatoms. The monoisotopic (exact) mass is 213 g/mol. The number of carbonyl (C=O) groups is 1. The molecule has 0 aromatic carbocycles. The van der Waals surface area contributed by atoms with Crippen LogP contribution >= 0.6 is 0 Å². The van der Waals surface area contributed by atoms with Crippen molar-refractivity contribution in [3.8, 4) is 0 Å². The first-order valence-corrected chi connectivity index (χ1v) is 5.77. The highest BCUT2D eigenvalue weighted by Gasteiger charge is 2.29. The molecule has 0 aromatic heterocycles. The first-order valence-electron chi connectivity index (χ1n) is 5.77.